The lowest BCUT2D eigenvalue weighted by atomic mass is 9.87. The van der Waals surface area contributed by atoms with E-state index in [2.05, 4.69) is 20.4 Å². The molecule has 0 aliphatic rings. The van der Waals surface area contributed by atoms with Crippen LogP contribution in [0.3, 0.4) is 0 Å². The molecule has 0 spiro atoms. The molecule has 1 unspecified atom stereocenters. The minimum absolute atomic E-state index is 0.0291. The molecular formula is C28H41FN6O4. The Morgan fingerprint density at radius 2 is 1.77 bits per heavy atom. The highest BCUT2D eigenvalue weighted by molar-refractivity contribution is 6.46. The second kappa shape index (κ2) is 16.8. The molecule has 0 radical (unpaired) electrons. The van der Waals surface area contributed by atoms with Gasteiger partial charge in [-0.25, -0.2) is 4.39 Å². The standard InChI is InChI=1S/C26H35FN6O3.C2H6O/c1-26(2,3)21(16-34)33-24(35)23(28)22-19(32-15-17-9-11-18(27)12-10-17)7-6-8-20(22)36-14-5-4-13-31-25(29)30;1-3-2/h6-12,16,21,28,32H,4-5,13-15H2,1-3H3,(H,33,35)(H4,29,30,31);1-2H3. The zero-order chi connectivity index (χ0) is 29.4. The summed E-state index contributed by atoms with van der Waals surface area (Å²) in [5, 5.41) is 14.5. The summed E-state index contributed by atoms with van der Waals surface area (Å²) in [6.07, 6.45) is 2.01. The third-order valence-electron chi connectivity index (χ3n) is 5.36. The van der Waals surface area contributed by atoms with Crippen LogP contribution in [0.5, 0.6) is 5.75 Å². The molecule has 214 valence electrons. The van der Waals surface area contributed by atoms with Gasteiger partial charge in [-0.1, -0.05) is 39.0 Å². The fraction of sp³-hybridized carbons (Fsp3) is 0.429. The van der Waals surface area contributed by atoms with Crippen LogP contribution in [0.2, 0.25) is 0 Å². The molecular weight excluding hydrogens is 503 g/mol. The fourth-order valence-corrected chi connectivity index (χ4v) is 3.24. The van der Waals surface area contributed by atoms with E-state index in [4.69, 9.17) is 21.6 Å². The van der Waals surface area contributed by atoms with Crippen molar-refractivity contribution in [3.63, 3.8) is 0 Å². The van der Waals surface area contributed by atoms with E-state index in [0.717, 1.165) is 5.56 Å². The molecule has 0 saturated carbocycles. The topological polar surface area (TPSA) is 165 Å². The maximum atomic E-state index is 13.3. The number of carbonyl (C=O) groups excluding carboxylic acids is 2. The highest BCUT2D eigenvalue weighted by atomic mass is 19.1. The molecule has 11 heteroatoms. The summed E-state index contributed by atoms with van der Waals surface area (Å²) in [5.74, 6) is -0.659. The Bertz CT molecular complexity index is 1100. The van der Waals surface area contributed by atoms with Gasteiger partial charge in [0.25, 0.3) is 5.91 Å². The van der Waals surface area contributed by atoms with E-state index in [1.165, 1.54) is 12.1 Å². The van der Waals surface area contributed by atoms with Gasteiger partial charge in [0.15, 0.2) is 5.96 Å². The number of nitrogens with zero attached hydrogens (tertiary/aromatic N) is 1. The molecule has 7 N–H and O–H groups in total. The summed E-state index contributed by atoms with van der Waals surface area (Å²) < 4.78 is 23.4. The van der Waals surface area contributed by atoms with E-state index in [1.54, 1.807) is 44.6 Å². The van der Waals surface area contributed by atoms with E-state index in [-0.39, 0.29) is 23.1 Å². The number of carbonyl (C=O) groups is 2. The number of hydrogen-bond acceptors (Lipinski definition) is 7. The number of guanidine groups is 1. The van der Waals surface area contributed by atoms with Gasteiger partial charge in [0, 0.05) is 33.0 Å². The Hall–Kier alpha value is -3.99. The average Bonchev–Trinajstić information content (AvgIpc) is 2.88. The Labute approximate surface area is 229 Å². The van der Waals surface area contributed by atoms with Crippen molar-refractivity contribution in [2.45, 2.75) is 46.2 Å². The number of methoxy groups -OCH3 is 1. The molecule has 0 aliphatic carbocycles. The first-order valence-electron chi connectivity index (χ1n) is 12.5. The lowest BCUT2D eigenvalue weighted by molar-refractivity contribution is -0.120. The van der Waals surface area contributed by atoms with Crippen LogP contribution in [-0.4, -0.2) is 57.3 Å². The lowest BCUT2D eigenvalue weighted by Gasteiger charge is -2.27. The molecule has 39 heavy (non-hydrogen) atoms. The van der Waals surface area contributed by atoms with Crippen molar-refractivity contribution in [3.05, 3.63) is 59.4 Å². The maximum absolute atomic E-state index is 13.3. The van der Waals surface area contributed by atoms with Crippen LogP contribution in [0.25, 0.3) is 0 Å². The van der Waals surface area contributed by atoms with Gasteiger partial charge in [0.05, 0.1) is 18.2 Å². The van der Waals surface area contributed by atoms with Gasteiger partial charge in [0.2, 0.25) is 0 Å². The van der Waals surface area contributed by atoms with Crippen molar-refractivity contribution in [2.24, 2.45) is 21.9 Å². The molecule has 0 saturated heterocycles. The Kier molecular flexibility index (Phi) is 14.2. The molecule has 0 heterocycles. The number of amides is 1. The first-order chi connectivity index (χ1) is 18.4. The Morgan fingerprint density at radius 1 is 1.13 bits per heavy atom. The lowest BCUT2D eigenvalue weighted by Crippen LogP contribution is -2.47. The molecule has 0 aliphatic heterocycles. The van der Waals surface area contributed by atoms with Crippen LogP contribution in [0.15, 0.2) is 47.5 Å². The Balaban J connectivity index is 0.00000242. The zero-order valence-corrected chi connectivity index (χ0v) is 23.3. The van der Waals surface area contributed by atoms with E-state index < -0.39 is 17.4 Å². The molecule has 1 amide bonds. The number of aldehydes is 1. The molecule has 0 bridgehead atoms. The highest BCUT2D eigenvalue weighted by Gasteiger charge is 2.29. The number of halogens is 1. The Morgan fingerprint density at radius 3 is 2.33 bits per heavy atom. The third-order valence-corrected chi connectivity index (χ3v) is 5.36. The van der Waals surface area contributed by atoms with E-state index >= 15 is 0 Å². The van der Waals surface area contributed by atoms with Gasteiger partial charge < -0.3 is 36.4 Å². The molecule has 2 aromatic rings. The first-order valence-corrected chi connectivity index (χ1v) is 12.5. The normalized spacial score (nSPS) is 11.3. The number of rotatable bonds is 13. The molecule has 1 atom stereocenters. The van der Waals surface area contributed by atoms with E-state index in [9.17, 15) is 14.0 Å². The number of nitrogens with one attached hydrogen (secondary N) is 3. The van der Waals surface area contributed by atoms with Crippen LogP contribution >= 0.6 is 0 Å². The van der Waals surface area contributed by atoms with E-state index in [0.29, 0.717) is 50.3 Å². The van der Waals surface area contributed by atoms with Crippen LogP contribution in [-0.2, 0) is 20.9 Å². The minimum Gasteiger partial charge on any atom is -0.493 e. The second-order valence-electron chi connectivity index (χ2n) is 9.76. The molecule has 10 nitrogen and oxygen atoms in total. The van der Waals surface area contributed by atoms with E-state index in [1.807, 2.05) is 20.8 Å². The van der Waals surface area contributed by atoms with Crippen molar-refractivity contribution in [1.82, 2.24) is 5.32 Å². The number of ether oxygens (including phenoxy) is 2. The predicted molar refractivity (Wildman–Crippen MR) is 153 cm³/mol. The van der Waals surface area contributed by atoms with Crippen molar-refractivity contribution < 1.29 is 23.5 Å². The quantitative estimate of drug-likeness (QED) is 0.112. The molecule has 2 aromatic carbocycles. The summed E-state index contributed by atoms with van der Waals surface area (Å²) in [5.41, 5.74) is 11.4. The van der Waals surface area contributed by atoms with Crippen LogP contribution < -0.4 is 26.8 Å². The van der Waals surface area contributed by atoms with Crippen molar-refractivity contribution in [3.8, 4) is 5.75 Å². The SMILES string of the molecule is CC(C)(C)C(C=O)NC(=O)C(=N)c1c(NCc2ccc(F)cc2)cccc1OCCCCN=C(N)N.COC. The monoisotopic (exact) mass is 544 g/mol. The predicted octanol–water partition coefficient (Wildman–Crippen LogP) is 3.23. The maximum Gasteiger partial charge on any atom is 0.270 e. The van der Waals surface area contributed by atoms with Gasteiger partial charge in [-0.3, -0.25) is 15.2 Å². The summed E-state index contributed by atoms with van der Waals surface area (Å²) in [6.45, 7) is 6.60. The number of nitrogens with two attached hydrogens (primary N) is 2. The number of hydrogen-bond donors (Lipinski definition) is 5. The van der Waals surface area contributed by atoms with Crippen LogP contribution in [0.4, 0.5) is 10.1 Å². The van der Waals surface area contributed by atoms with Crippen LogP contribution in [0, 0.1) is 16.6 Å². The largest absolute Gasteiger partial charge is 0.493 e. The molecule has 2 rings (SSSR count). The smallest absolute Gasteiger partial charge is 0.270 e. The van der Waals surface area contributed by atoms with Gasteiger partial charge in [-0.05, 0) is 48.1 Å². The van der Waals surface area contributed by atoms with Crippen molar-refractivity contribution >= 4 is 29.6 Å². The number of benzene rings is 2. The van der Waals surface area contributed by atoms with Crippen molar-refractivity contribution in [2.75, 3.05) is 32.7 Å². The summed E-state index contributed by atoms with van der Waals surface area (Å²) >= 11 is 0. The van der Waals surface area contributed by atoms with Gasteiger partial charge in [-0.2, -0.15) is 0 Å². The summed E-state index contributed by atoms with van der Waals surface area (Å²) in [4.78, 5) is 28.5. The average molecular weight is 545 g/mol. The zero-order valence-electron chi connectivity index (χ0n) is 23.3. The minimum atomic E-state index is -0.774. The summed E-state index contributed by atoms with van der Waals surface area (Å²) in [6, 6.07) is 10.4. The summed E-state index contributed by atoms with van der Waals surface area (Å²) in [7, 11) is 3.25. The van der Waals surface area contributed by atoms with Crippen molar-refractivity contribution in [1.29, 1.82) is 5.41 Å². The number of unbranched alkanes of at least 4 members (excludes halogenated alkanes) is 1. The third kappa shape index (κ3) is 11.9. The number of anilines is 1. The van der Waals surface area contributed by atoms with Gasteiger partial charge in [-0.15, -0.1) is 0 Å². The van der Waals surface area contributed by atoms with Gasteiger partial charge in [0.1, 0.15) is 23.6 Å². The number of aliphatic imine (C=N–C) groups is 1. The first kappa shape index (κ1) is 33.0. The van der Waals surface area contributed by atoms with Gasteiger partial charge >= 0.3 is 0 Å². The highest BCUT2D eigenvalue weighted by Crippen LogP contribution is 2.29. The molecule has 0 fully saturated rings. The second-order valence-corrected chi connectivity index (χ2v) is 9.76. The van der Waals surface area contributed by atoms with Crippen LogP contribution in [0.1, 0.15) is 44.7 Å². The molecule has 0 aromatic heterocycles. The fourth-order valence-electron chi connectivity index (χ4n) is 3.24.